The third-order valence-corrected chi connectivity index (χ3v) is 3.51. The molecular weight excluding hydrogens is 305 g/mol. The predicted molar refractivity (Wildman–Crippen MR) is 92.6 cm³/mol. The summed E-state index contributed by atoms with van der Waals surface area (Å²) in [6.07, 6.45) is 4.48. The summed E-state index contributed by atoms with van der Waals surface area (Å²) in [6.45, 7) is 1.97. The molecule has 1 N–H and O–H groups in total. The minimum atomic E-state index is -0.657. The Morgan fingerprint density at radius 2 is 1.79 bits per heavy atom. The Bertz CT molecular complexity index is 654. The lowest BCUT2D eigenvalue weighted by molar-refractivity contribution is 0.0243. The van der Waals surface area contributed by atoms with Crippen LogP contribution in [0.15, 0.2) is 54.6 Å². The Hall–Kier alpha value is -2.19. The second kappa shape index (κ2) is 9.84. The molecular formula is C20H22FNO2. The van der Waals surface area contributed by atoms with Gasteiger partial charge in [0.2, 0.25) is 0 Å². The Kier molecular flexibility index (Phi) is 7.44. The average molecular weight is 327 g/mol. The highest BCUT2D eigenvalue weighted by Crippen LogP contribution is 2.12. The van der Waals surface area contributed by atoms with E-state index in [9.17, 15) is 9.50 Å². The van der Waals surface area contributed by atoms with Gasteiger partial charge in [0.1, 0.15) is 12.4 Å². The van der Waals surface area contributed by atoms with Crippen molar-refractivity contribution in [3.63, 3.8) is 0 Å². The quantitative estimate of drug-likeness (QED) is 0.568. The molecule has 0 amide bonds. The van der Waals surface area contributed by atoms with Crippen molar-refractivity contribution < 1.29 is 14.2 Å². The first-order valence-electron chi connectivity index (χ1n) is 7.87. The normalized spacial score (nSPS) is 12.1. The van der Waals surface area contributed by atoms with E-state index in [1.165, 1.54) is 12.1 Å². The molecule has 0 aliphatic carbocycles. The first kappa shape index (κ1) is 18.2. The van der Waals surface area contributed by atoms with Gasteiger partial charge in [0.25, 0.3) is 0 Å². The lowest BCUT2D eigenvalue weighted by Crippen LogP contribution is -2.34. The van der Waals surface area contributed by atoms with Gasteiger partial charge in [-0.25, -0.2) is 4.39 Å². The summed E-state index contributed by atoms with van der Waals surface area (Å²) >= 11 is 0. The van der Waals surface area contributed by atoms with Crippen molar-refractivity contribution >= 4 is 0 Å². The number of hydrogen-bond donors (Lipinski definition) is 1. The van der Waals surface area contributed by atoms with Gasteiger partial charge in [-0.05, 0) is 23.3 Å². The molecule has 0 spiro atoms. The van der Waals surface area contributed by atoms with Crippen molar-refractivity contribution in [1.82, 2.24) is 4.90 Å². The number of aliphatic hydroxyl groups excluding tert-OH is 1. The number of hydrogen-bond acceptors (Lipinski definition) is 3. The van der Waals surface area contributed by atoms with Gasteiger partial charge in [0.05, 0.1) is 12.7 Å². The smallest absolute Gasteiger partial charge is 0.123 e. The fraction of sp³-hybridized carbons (Fsp3) is 0.300. The zero-order valence-corrected chi connectivity index (χ0v) is 13.6. The molecule has 2 aromatic rings. The molecule has 2 aromatic carbocycles. The molecule has 0 aliphatic rings. The third-order valence-electron chi connectivity index (χ3n) is 3.51. The summed E-state index contributed by atoms with van der Waals surface area (Å²) in [5.74, 6) is 2.11. The largest absolute Gasteiger partial charge is 0.389 e. The first-order chi connectivity index (χ1) is 11.7. The van der Waals surface area contributed by atoms with Crippen molar-refractivity contribution in [2.24, 2.45) is 0 Å². The number of benzene rings is 2. The number of rotatable bonds is 9. The molecule has 0 aromatic heterocycles. The van der Waals surface area contributed by atoms with Crippen molar-refractivity contribution in [2.75, 3.05) is 19.8 Å². The monoisotopic (exact) mass is 327 g/mol. The number of aliphatic hydroxyl groups is 1. The minimum Gasteiger partial charge on any atom is -0.389 e. The van der Waals surface area contributed by atoms with Crippen LogP contribution in [0.2, 0.25) is 0 Å². The van der Waals surface area contributed by atoms with Crippen LogP contribution in [-0.4, -0.2) is 35.9 Å². The van der Waals surface area contributed by atoms with Gasteiger partial charge in [0.15, 0.2) is 0 Å². The standard InChI is InChI=1S/C20H22FNO2/c1-2-11-24-16-20(23)15-22(13-17-7-4-3-5-8-17)14-18-9-6-10-19(21)12-18/h1,3-10,12,20,23H,11,13-16H2/t20-/m1/s1. The maximum absolute atomic E-state index is 13.4. The second-order valence-electron chi connectivity index (χ2n) is 5.66. The van der Waals surface area contributed by atoms with Crippen molar-refractivity contribution in [3.05, 3.63) is 71.5 Å². The van der Waals surface area contributed by atoms with Crippen LogP contribution in [0.25, 0.3) is 0 Å². The molecule has 0 bridgehead atoms. The van der Waals surface area contributed by atoms with Crippen molar-refractivity contribution in [2.45, 2.75) is 19.2 Å². The van der Waals surface area contributed by atoms with E-state index in [0.29, 0.717) is 19.6 Å². The fourth-order valence-electron chi connectivity index (χ4n) is 2.52. The highest BCUT2D eigenvalue weighted by Gasteiger charge is 2.13. The maximum Gasteiger partial charge on any atom is 0.123 e. The number of nitrogens with zero attached hydrogens (tertiary/aromatic N) is 1. The molecule has 24 heavy (non-hydrogen) atoms. The van der Waals surface area contributed by atoms with Gasteiger partial charge in [-0.3, -0.25) is 4.90 Å². The SMILES string of the molecule is C#CCOC[C@H](O)CN(Cc1ccccc1)Cc1cccc(F)c1. The zero-order valence-electron chi connectivity index (χ0n) is 13.6. The van der Waals surface area contributed by atoms with E-state index in [4.69, 9.17) is 11.2 Å². The molecule has 1 atom stereocenters. The summed E-state index contributed by atoms with van der Waals surface area (Å²) in [5.41, 5.74) is 1.99. The first-order valence-corrected chi connectivity index (χ1v) is 7.87. The van der Waals surface area contributed by atoms with E-state index in [2.05, 4.69) is 10.8 Å². The third kappa shape index (κ3) is 6.51. The molecule has 2 rings (SSSR count). The van der Waals surface area contributed by atoms with E-state index in [1.54, 1.807) is 6.07 Å². The number of halogens is 1. The van der Waals surface area contributed by atoms with Crippen LogP contribution in [0.4, 0.5) is 4.39 Å². The molecule has 0 saturated heterocycles. The second-order valence-corrected chi connectivity index (χ2v) is 5.66. The Morgan fingerprint density at radius 1 is 1.08 bits per heavy atom. The van der Waals surface area contributed by atoms with E-state index in [0.717, 1.165) is 11.1 Å². The lowest BCUT2D eigenvalue weighted by atomic mass is 10.1. The molecule has 0 heterocycles. The number of ether oxygens (including phenoxy) is 1. The van der Waals surface area contributed by atoms with E-state index in [-0.39, 0.29) is 19.0 Å². The zero-order chi connectivity index (χ0) is 17.2. The van der Waals surface area contributed by atoms with Gasteiger partial charge in [0, 0.05) is 19.6 Å². The molecule has 0 unspecified atom stereocenters. The van der Waals surface area contributed by atoms with E-state index < -0.39 is 6.10 Å². The summed E-state index contributed by atoms with van der Waals surface area (Å²) in [6, 6.07) is 16.5. The van der Waals surface area contributed by atoms with Crippen LogP contribution in [0.3, 0.4) is 0 Å². The maximum atomic E-state index is 13.4. The van der Waals surface area contributed by atoms with Crippen LogP contribution < -0.4 is 0 Å². The van der Waals surface area contributed by atoms with E-state index >= 15 is 0 Å². The summed E-state index contributed by atoms with van der Waals surface area (Å²) < 4.78 is 18.6. The molecule has 4 heteroatoms. The van der Waals surface area contributed by atoms with Gasteiger partial charge >= 0.3 is 0 Å². The molecule has 0 saturated carbocycles. The Morgan fingerprint density at radius 3 is 2.50 bits per heavy atom. The topological polar surface area (TPSA) is 32.7 Å². The Balaban J connectivity index is 2.01. The van der Waals surface area contributed by atoms with Crippen LogP contribution in [0.1, 0.15) is 11.1 Å². The van der Waals surface area contributed by atoms with Crippen LogP contribution >= 0.6 is 0 Å². The number of terminal acetylenes is 1. The highest BCUT2D eigenvalue weighted by atomic mass is 19.1. The molecule has 3 nitrogen and oxygen atoms in total. The van der Waals surface area contributed by atoms with Gasteiger partial charge in [-0.1, -0.05) is 48.4 Å². The lowest BCUT2D eigenvalue weighted by Gasteiger charge is -2.25. The predicted octanol–water partition coefficient (Wildman–Crippen LogP) is 2.84. The van der Waals surface area contributed by atoms with Crippen LogP contribution in [0.5, 0.6) is 0 Å². The van der Waals surface area contributed by atoms with Gasteiger partial charge < -0.3 is 9.84 Å². The summed E-state index contributed by atoms with van der Waals surface area (Å²) in [4.78, 5) is 2.06. The Labute approximate surface area is 142 Å². The molecule has 0 fully saturated rings. The van der Waals surface area contributed by atoms with Crippen LogP contribution in [0, 0.1) is 18.2 Å². The molecule has 126 valence electrons. The minimum absolute atomic E-state index is 0.179. The van der Waals surface area contributed by atoms with Gasteiger partial charge in [-0.15, -0.1) is 6.42 Å². The summed E-state index contributed by atoms with van der Waals surface area (Å²) in [5, 5.41) is 10.1. The summed E-state index contributed by atoms with van der Waals surface area (Å²) in [7, 11) is 0. The van der Waals surface area contributed by atoms with Crippen molar-refractivity contribution in [1.29, 1.82) is 0 Å². The van der Waals surface area contributed by atoms with Crippen LogP contribution in [-0.2, 0) is 17.8 Å². The molecule has 0 aliphatic heterocycles. The average Bonchev–Trinajstić information content (AvgIpc) is 2.56. The fourth-order valence-corrected chi connectivity index (χ4v) is 2.52. The highest BCUT2D eigenvalue weighted by molar-refractivity contribution is 5.18. The van der Waals surface area contributed by atoms with Crippen molar-refractivity contribution in [3.8, 4) is 12.3 Å². The van der Waals surface area contributed by atoms with E-state index in [1.807, 2.05) is 36.4 Å². The molecule has 0 radical (unpaired) electrons. The van der Waals surface area contributed by atoms with Gasteiger partial charge in [-0.2, -0.15) is 0 Å².